The van der Waals surface area contributed by atoms with Crippen molar-refractivity contribution < 1.29 is 27.0 Å². The first kappa shape index (κ1) is 17.2. The first-order valence-electron chi connectivity index (χ1n) is 8.72. The molecule has 26 heavy (non-hydrogen) atoms. The topological polar surface area (TPSA) is 18.5 Å². The van der Waals surface area contributed by atoms with E-state index in [9.17, 15) is 17.6 Å². The number of hydrogen-bond donors (Lipinski definition) is 0. The van der Waals surface area contributed by atoms with Crippen molar-refractivity contribution >= 4 is 0 Å². The van der Waals surface area contributed by atoms with Crippen LogP contribution in [0, 0.1) is 23.3 Å². The van der Waals surface area contributed by atoms with E-state index in [1.165, 1.54) is 12.1 Å². The predicted octanol–water partition coefficient (Wildman–Crippen LogP) is 5.34. The van der Waals surface area contributed by atoms with E-state index in [1.54, 1.807) is 13.8 Å². The van der Waals surface area contributed by atoms with E-state index < -0.39 is 23.3 Å². The van der Waals surface area contributed by atoms with Gasteiger partial charge in [0.05, 0.1) is 12.2 Å². The highest BCUT2D eigenvalue weighted by Gasteiger charge is 2.30. The average molecular weight is 366 g/mol. The molecule has 0 fully saturated rings. The summed E-state index contributed by atoms with van der Waals surface area (Å²) in [6.45, 7) is 3.54. The van der Waals surface area contributed by atoms with Gasteiger partial charge in [-0.25, -0.2) is 8.78 Å². The van der Waals surface area contributed by atoms with Crippen LogP contribution in [0.15, 0.2) is 12.1 Å². The van der Waals surface area contributed by atoms with E-state index in [-0.39, 0.29) is 34.8 Å². The summed E-state index contributed by atoms with van der Waals surface area (Å²) in [5.74, 6) is -5.07. The molecule has 2 heterocycles. The lowest BCUT2D eigenvalue weighted by Crippen LogP contribution is -2.21. The second-order valence-electron chi connectivity index (χ2n) is 7.01. The fourth-order valence-electron chi connectivity index (χ4n) is 3.58. The molecule has 6 heteroatoms. The Morgan fingerprint density at radius 2 is 1.08 bits per heavy atom. The lowest BCUT2D eigenvalue weighted by atomic mass is 9.93. The molecule has 0 radical (unpaired) electrons. The molecule has 2 aliphatic heterocycles. The Morgan fingerprint density at radius 1 is 0.692 bits per heavy atom. The van der Waals surface area contributed by atoms with Gasteiger partial charge in [0.15, 0.2) is 23.1 Å². The summed E-state index contributed by atoms with van der Waals surface area (Å²) in [6.07, 6.45) is 1.81. The highest BCUT2D eigenvalue weighted by molar-refractivity contribution is 5.70. The fraction of sp³-hybridized carbons (Fsp3) is 0.400. The van der Waals surface area contributed by atoms with Crippen LogP contribution in [-0.2, 0) is 12.8 Å². The molecule has 0 bridgehead atoms. The van der Waals surface area contributed by atoms with E-state index in [0.717, 1.165) is 0 Å². The van der Waals surface area contributed by atoms with Gasteiger partial charge in [-0.2, -0.15) is 8.78 Å². The fourth-order valence-corrected chi connectivity index (χ4v) is 3.58. The molecular weight excluding hydrogens is 348 g/mol. The van der Waals surface area contributed by atoms with Crippen LogP contribution in [0.25, 0.3) is 11.1 Å². The minimum absolute atomic E-state index is 0.138. The summed E-state index contributed by atoms with van der Waals surface area (Å²) >= 11 is 0. The molecular formula is C20H18F4O2. The molecule has 0 aromatic heterocycles. The quantitative estimate of drug-likeness (QED) is 0.635. The molecule has 2 atom stereocenters. The van der Waals surface area contributed by atoms with Gasteiger partial charge in [-0.15, -0.1) is 0 Å². The SMILES string of the molecule is CC1CCc2cc(-c3cc4c(c(F)c3F)OC(C)CC4)c(F)c(F)c2O1. The van der Waals surface area contributed by atoms with Crippen LogP contribution in [0.5, 0.6) is 11.5 Å². The Hall–Kier alpha value is -2.24. The molecule has 0 aliphatic carbocycles. The average Bonchev–Trinajstić information content (AvgIpc) is 2.62. The van der Waals surface area contributed by atoms with Gasteiger partial charge in [-0.1, -0.05) is 0 Å². The van der Waals surface area contributed by atoms with Gasteiger partial charge < -0.3 is 9.47 Å². The van der Waals surface area contributed by atoms with Crippen molar-refractivity contribution in [2.75, 3.05) is 0 Å². The van der Waals surface area contributed by atoms with Crippen LogP contribution in [0.3, 0.4) is 0 Å². The number of benzene rings is 2. The van der Waals surface area contributed by atoms with Crippen LogP contribution < -0.4 is 9.47 Å². The van der Waals surface area contributed by atoms with Crippen molar-refractivity contribution in [2.24, 2.45) is 0 Å². The second kappa shape index (κ2) is 6.18. The Balaban J connectivity index is 1.89. The first-order chi connectivity index (χ1) is 12.4. The van der Waals surface area contributed by atoms with Gasteiger partial charge in [0.1, 0.15) is 0 Å². The standard InChI is InChI=1S/C20H18F4O2/c1-9-3-5-11-7-13(15(21)17(23)19(11)25-9)14-8-12-6-4-10(2)26-20(12)18(24)16(14)22/h7-10H,3-6H2,1-2H3. The monoisotopic (exact) mass is 366 g/mol. The largest absolute Gasteiger partial charge is 0.487 e. The molecule has 2 aromatic rings. The normalized spacial score (nSPS) is 21.5. The van der Waals surface area contributed by atoms with Crippen LogP contribution in [0.4, 0.5) is 17.6 Å². The summed E-state index contributed by atoms with van der Waals surface area (Å²) in [7, 11) is 0. The third-order valence-electron chi connectivity index (χ3n) is 5.05. The maximum Gasteiger partial charge on any atom is 0.201 e. The maximum absolute atomic E-state index is 14.6. The van der Waals surface area contributed by atoms with Crippen LogP contribution in [0.1, 0.15) is 37.8 Å². The van der Waals surface area contributed by atoms with Crippen molar-refractivity contribution in [2.45, 2.75) is 51.7 Å². The van der Waals surface area contributed by atoms with Gasteiger partial charge in [0.2, 0.25) is 11.6 Å². The maximum atomic E-state index is 14.6. The molecule has 0 saturated carbocycles. The van der Waals surface area contributed by atoms with Crippen molar-refractivity contribution in [3.8, 4) is 22.6 Å². The lowest BCUT2D eigenvalue weighted by molar-refractivity contribution is 0.180. The minimum Gasteiger partial charge on any atom is -0.487 e. The zero-order valence-corrected chi connectivity index (χ0v) is 14.5. The Bertz CT molecular complexity index is 821. The second-order valence-corrected chi connectivity index (χ2v) is 7.01. The van der Waals surface area contributed by atoms with Crippen molar-refractivity contribution in [1.82, 2.24) is 0 Å². The van der Waals surface area contributed by atoms with Crippen LogP contribution in [0.2, 0.25) is 0 Å². The summed E-state index contributed by atoms with van der Waals surface area (Å²) in [5.41, 5.74) is 0.327. The third kappa shape index (κ3) is 2.63. The molecule has 2 aliphatic rings. The molecule has 2 unspecified atom stereocenters. The molecule has 0 amide bonds. The van der Waals surface area contributed by atoms with Gasteiger partial charge in [-0.05, 0) is 62.8 Å². The van der Waals surface area contributed by atoms with Gasteiger partial charge in [0, 0.05) is 11.1 Å². The summed E-state index contributed by atoms with van der Waals surface area (Å²) in [4.78, 5) is 0. The number of fused-ring (bicyclic) bond motifs is 2. The van der Waals surface area contributed by atoms with E-state index in [1.807, 2.05) is 0 Å². The van der Waals surface area contributed by atoms with Crippen molar-refractivity contribution in [1.29, 1.82) is 0 Å². The Kier molecular flexibility index (Phi) is 4.09. The van der Waals surface area contributed by atoms with E-state index in [2.05, 4.69) is 0 Å². The number of ether oxygens (including phenoxy) is 2. The molecule has 4 rings (SSSR count). The van der Waals surface area contributed by atoms with E-state index >= 15 is 0 Å². The Labute approximate surface area is 148 Å². The van der Waals surface area contributed by atoms with E-state index in [0.29, 0.717) is 36.8 Å². The highest BCUT2D eigenvalue weighted by atomic mass is 19.2. The van der Waals surface area contributed by atoms with Gasteiger partial charge in [0.25, 0.3) is 0 Å². The van der Waals surface area contributed by atoms with Crippen molar-refractivity contribution in [3.63, 3.8) is 0 Å². The zero-order chi connectivity index (χ0) is 18.6. The van der Waals surface area contributed by atoms with Gasteiger partial charge in [-0.3, -0.25) is 0 Å². The van der Waals surface area contributed by atoms with E-state index in [4.69, 9.17) is 9.47 Å². The molecule has 0 spiro atoms. The first-order valence-corrected chi connectivity index (χ1v) is 8.72. The summed E-state index contributed by atoms with van der Waals surface area (Å²) in [5, 5.41) is 0. The minimum atomic E-state index is -1.24. The lowest BCUT2D eigenvalue weighted by Gasteiger charge is -2.26. The number of aryl methyl sites for hydroxylation is 2. The Morgan fingerprint density at radius 3 is 1.46 bits per heavy atom. The number of rotatable bonds is 1. The predicted molar refractivity (Wildman–Crippen MR) is 88.5 cm³/mol. The molecule has 2 aromatic carbocycles. The molecule has 0 saturated heterocycles. The van der Waals surface area contributed by atoms with Crippen LogP contribution in [-0.4, -0.2) is 12.2 Å². The molecule has 2 nitrogen and oxygen atoms in total. The van der Waals surface area contributed by atoms with Gasteiger partial charge >= 0.3 is 0 Å². The molecule has 0 N–H and O–H groups in total. The summed E-state index contributed by atoms with van der Waals surface area (Å²) in [6, 6.07) is 2.71. The smallest absolute Gasteiger partial charge is 0.201 e. The van der Waals surface area contributed by atoms with Crippen molar-refractivity contribution in [3.05, 3.63) is 46.5 Å². The van der Waals surface area contributed by atoms with Crippen LogP contribution >= 0.6 is 0 Å². The highest BCUT2D eigenvalue weighted by Crippen LogP contribution is 2.41. The number of halogens is 4. The number of hydrogen-bond acceptors (Lipinski definition) is 2. The zero-order valence-electron chi connectivity index (χ0n) is 14.5. The third-order valence-corrected chi connectivity index (χ3v) is 5.05. The summed E-state index contributed by atoms with van der Waals surface area (Å²) < 4.78 is 69.0. The molecule has 138 valence electrons.